The second-order valence-corrected chi connectivity index (χ2v) is 4.47. The lowest BCUT2D eigenvalue weighted by Crippen LogP contribution is -2.44. The van der Waals surface area contributed by atoms with Crippen LogP contribution in [0.15, 0.2) is 0 Å². The van der Waals surface area contributed by atoms with Crippen molar-refractivity contribution in [2.45, 2.75) is 38.4 Å². The average Bonchev–Trinajstić information content (AvgIpc) is 2.84. The van der Waals surface area contributed by atoms with Gasteiger partial charge < -0.3 is 15.2 Å². The first-order valence-corrected chi connectivity index (χ1v) is 5.81. The highest BCUT2D eigenvalue weighted by Gasteiger charge is 2.55. The van der Waals surface area contributed by atoms with Gasteiger partial charge in [-0.1, -0.05) is 6.92 Å². The summed E-state index contributed by atoms with van der Waals surface area (Å²) < 4.78 is 5.52. The lowest BCUT2D eigenvalue weighted by atomic mass is 9.79. The molecule has 0 spiro atoms. The summed E-state index contributed by atoms with van der Waals surface area (Å²) in [6, 6.07) is 0. The molecule has 2 heterocycles. The number of hydrogen-bond donors (Lipinski definition) is 2. The topological polar surface area (TPSA) is 75.6 Å². The van der Waals surface area contributed by atoms with Gasteiger partial charge in [0.05, 0.1) is 24.0 Å². The molecule has 90 valence electrons. The van der Waals surface area contributed by atoms with E-state index in [1.54, 1.807) is 0 Å². The Morgan fingerprint density at radius 3 is 2.50 bits per heavy atom. The summed E-state index contributed by atoms with van der Waals surface area (Å²) in [4.78, 5) is 23.0. The minimum atomic E-state index is -0.913. The van der Waals surface area contributed by atoms with Crippen molar-refractivity contribution >= 4 is 11.9 Å². The molecule has 1 amide bonds. The van der Waals surface area contributed by atoms with Crippen LogP contribution < -0.4 is 5.32 Å². The van der Waals surface area contributed by atoms with E-state index in [1.165, 1.54) is 0 Å². The highest BCUT2D eigenvalue weighted by molar-refractivity contribution is 5.86. The lowest BCUT2D eigenvalue weighted by molar-refractivity contribution is -0.147. The van der Waals surface area contributed by atoms with Gasteiger partial charge in [0.2, 0.25) is 5.91 Å². The van der Waals surface area contributed by atoms with Gasteiger partial charge >= 0.3 is 5.97 Å². The van der Waals surface area contributed by atoms with E-state index in [1.807, 2.05) is 6.92 Å². The van der Waals surface area contributed by atoms with E-state index >= 15 is 0 Å². The fraction of sp³-hybridized carbons (Fsp3) is 0.818. The first kappa shape index (κ1) is 11.4. The third-order valence-electron chi connectivity index (χ3n) is 3.41. The molecule has 0 aromatic rings. The number of hydrogen-bond acceptors (Lipinski definition) is 3. The zero-order valence-corrected chi connectivity index (χ0v) is 9.31. The van der Waals surface area contributed by atoms with Crippen LogP contribution in [0.5, 0.6) is 0 Å². The monoisotopic (exact) mass is 227 g/mol. The second-order valence-electron chi connectivity index (χ2n) is 4.47. The van der Waals surface area contributed by atoms with Gasteiger partial charge in [-0.3, -0.25) is 9.59 Å². The van der Waals surface area contributed by atoms with Crippen LogP contribution in [0, 0.1) is 11.8 Å². The van der Waals surface area contributed by atoms with E-state index in [-0.39, 0.29) is 18.1 Å². The molecule has 2 unspecified atom stereocenters. The molecule has 2 bridgehead atoms. The summed E-state index contributed by atoms with van der Waals surface area (Å²) >= 11 is 0. The Bertz CT molecular complexity index is 304. The molecular weight excluding hydrogens is 210 g/mol. The number of fused-ring (bicyclic) bond motifs is 2. The standard InChI is InChI=1S/C11H17NO4/c1-2-5-12-10(13)8-6-3-4-7(16-6)9(8)11(14)15/h6-9H,2-5H2,1H3,(H,12,13)(H,14,15)/t6-,7+,8?,9?/m1/s1. The van der Waals surface area contributed by atoms with Crippen molar-refractivity contribution in [2.24, 2.45) is 11.8 Å². The molecule has 2 rings (SSSR count). The molecule has 2 aliphatic rings. The normalized spacial score (nSPS) is 36.3. The molecule has 16 heavy (non-hydrogen) atoms. The van der Waals surface area contributed by atoms with Gasteiger partial charge in [0.1, 0.15) is 0 Å². The zero-order chi connectivity index (χ0) is 11.7. The Morgan fingerprint density at radius 2 is 1.94 bits per heavy atom. The summed E-state index contributed by atoms with van der Waals surface area (Å²) in [5, 5.41) is 11.9. The van der Waals surface area contributed by atoms with Crippen molar-refractivity contribution < 1.29 is 19.4 Å². The highest BCUT2D eigenvalue weighted by atomic mass is 16.5. The van der Waals surface area contributed by atoms with Crippen molar-refractivity contribution in [2.75, 3.05) is 6.54 Å². The summed E-state index contributed by atoms with van der Waals surface area (Å²) in [6.07, 6.45) is 1.96. The minimum Gasteiger partial charge on any atom is -0.481 e. The molecule has 2 fully saturated rings. The van der Waals surface area contributed by atoms with Gasteiger partial charge in [-0.05, 0) is 19.3 Å². The smallest absolute Gasteiger partial charge is 0.310 e. The predicted molar refractivity (Wildman–Crippen MR) is 55.8 cm³/mol. The van der Waals surface area contributed by atoms with Crippen LogP contribution in [-0.2, 0) is 14.3 Å². The Labute approximate surface area is 94.2 Å². The molecular formula is C11H17NO4. The Hall–Kier alpha value is -1.10. The lowest BCUT2D eigenvalue weighted by Gasteiger charge is -2.23. The fourth-order valence-electron chi connectivity index (χ4n) is 2.69. The first-order chi connectivity index (χ1) is 7.65. The van der Waals surface area contributed by atoms with Crippen LogP contribution in [0.1, 0.15) is 26.2 Å². The number of rotatable bonds is 4. The number of nitrogens with one attached hydrogen (secondary N) is 1. The number of aliphatic carboxylic acids is 1. The number of ether oxygens (including phenoxy) is 1. The second kappa shape index (κ2) is 4.41. The molecule has 0 radical (unpaired) electrons. The quantitative estimate of drug-likeness (QED) is 0.728. The maximum absolute atomic E-state index is 11.9. The van der Waals surface area contributed by atoms with Gasteiger partial charge in [0, 0.05) is 6.54 Å². The maximum atomic E-state index is 11.9. The van der Waals surface area contributed by atoms with E-state index in [4.69, 9.17) is 9.84 Å². The molecule has 5 nitrogen and oxygen atoms in total. The van der Waals surface area contributed by atoms with E-state index in [9.17, 15) is 9.59 Å². The Morgan fingerprint density at radius 1 is 1.31 bits per heavy atom. The van der Waals surface area contributed by atoms with Crippen LogP contribution in [0.25, 0.3) is 0 Å². The van der Waals surface area contributed by atoms with Crippen molar-refractivity contribution in [3.05, 3.63) is 0 Å². The third-order valence-corrected chi connectivity index (χ3v) is 3.41. The summed E-state index contributed by atoms with van der Waals surface area (Å²) in [5.74, 6) is -2.23. The molecule has 2 N–H and O–H groups in total. The third kappa shape index (κ3) is 1.80. The van der Waals surface area contributed by atoms with Crippen molar-refractivity contribution in [3.63, 3.8) is 0 Å². The molecule has 0 saturated carbocycles. The predicted octanol–water partition coefficient (Wildman–Crippen LogP) is 0.391. The van der Waals surface area contributed by atoms with E-state index in [0.29, 0.717) is 6.54 Å². The number of carbonyl (C=O) groups excluding carboxylic acids is 1. The van der Waals surface area contributed by atoms with Gasteiger partial charge in [-0.2, -0.15) is 0 Å². The molecule has 2 aliphatic heterocycles. The van der Waals surface area contributed by atoms with E-state index in [2.05, 4.69) is 5.32 Å². The molecule has 0 aliphatic carbocycles. The average molecular weight is 227 g/mol. The number of carboxylic acids is 1. The van der Waals surface area contributed by atoms with Gasteiger partial charge in [-0.15, -0.1) is 0 Å². The summed E-state index contributed by atoms with van der Waals surface area (Å²) in [7, 11) is 0. The van der Waals surface area contributed by atoms with Gasteiger partial charge in [-0.25, -0.2) is 0 Å². The molecule has 4 atom stereocenters. The zero-order valence-electron chi connectivity index (χ0n) is 9.31. The number of carboxylic acid groups (broad SMARTS) is 1. The van der Waals surface area contributed by atoms with Crippen molar-refractivity contribution in [1.82, 2.24) is 5.32 Å². The van der Waals surface area contributed by atoms with Crippen molar-refractivity contribution in [3.8, 4) is 0 Å². The van der Waals surface area contributed by atoms with E-state index < -0.39 is 17.8 Å². The van der Waals surface area contributed by atoms with Crippen molar-refractivity contribution in [1.29, 1.82) is 0 Å². The highest BCUT2D eigenvalue weighted by Crippen LogP contribution is 2.43. The SMILES string of the molecule is CCCNC(=O)C1C(C(=O)O)[C@@H]2CC[C@H]1O2. The Kier molecular flexibility index (Phi) is 3.14. The Balaban J connectivity index is 2.06. The van der Waals surface area contributed by atoms with Crippen LogP contribution in [0.2, 0.25) is 0 Å². The van der Waals surface area contributed by atoms with E-state index in [0.717, 1.165) is 19.3 Å². The fourth-order valence-corrected chi connectivity index (χ4v) is 2.69. The number of carbonyl (C=O) groups is 2. The molecule has 2 saturated heterocycles. The molecule has 0 aromatic carbocycles. The molecule has 5 heteroatoms. The van der Waals surface area contributed by atoms with Crippen LogP contribution in [0.4, 0.5) is 0 Å². The van der Waals surface area contributed by atoms with Crippen LogP contribution >= 0.6 is 0 Å². The van der Waals surface area contributed by atoms with Gasteiger partial charge in [0.15, 0.2) is 0 Å². The van der Waals surface area contributed by atoms with Gasteiger partial charge in [0.25, 0.3) is 0 Å². The first-order valence-electron chi connectivity index (χ1n) is 5.81. The minimum absolute atomic E-state index is 0.165. The maximum Gasteiger partial charge on any atom is 0.310 e. The summed E-state index contributed by atoms with van der Waals surface area (Å²) in [6.45, 7) is 2.56. The van der Waals surface area contributed by atoms with Crippen LogP contribution in [-0.4, -0.2) is 35.7 Å². The van der Waals surface area contributed by atoms with Crippen LogP contribution in [0.3, 0.4) is 0 Å². The number of amides is 1. The molecule has 0 aromatic heterocycles. The largest absolute Gasteiger partial charge is 0.481 e. The summed E-state index contributed by atoms with van der Waals surface area (Å²) in [5.41, 5.74) is 0.